The number of hydrogen-bond acceptors (Lipinski definition) is 1. The van der Waals surface area contributed by atoms with Gasteiger partial charge in [0.05, 0.1) is 0 Å². The molecule has 0 aromatic rings. The molecule has 0 spiro atoms. The van der Waals surface area contributed by atoms with Crippen LogP contribution >= 0.6 is 0 Å². The molecule has 0 unspecified atom stereocenters. The maximum Gasteiger partial charge on any atom is 0.223 e. The van der Waals surface area contributed by atoms with Crippen LogP contribution in [0.4, 0.5) is 0 Å². The monoisotopic (exact) mass is 251 g/mol. The lowest BCUT2D eigenvalue weighted by Gasteiger charge is -2.34. The molecule has 18 heavy (non-hydrogen) atoms. The quantitative estimate of drug-likeness (QED) is 0.810. The van der Waals surface area contributed by atoms with Gasteiger partial charge in [0.1, 0.15) is 0 Å². The van der Waals surface area contributed by atoms with E-state index in [4.69, 9.17) is 0 Å². The molecule has 1 N–H and O–H groups in total. The van der Waals surface area contributed by atoms with Gasteiger partial charge in [-0.05, 0) is 56.3 Å². The highest BCUT2D eigenvalue weighted by molar-refractivity contribution is 5.79. The Morgan fingerprint density at radius 1 is 1.06 bits per heavy atom. The zero-order valence-electron chi connectivity index (χ0n) is 12.3. The van der Waals surface area contributed by atoms with Gasteiger partial charge in [0, 0.05) is 12.0 Å². The molecule has 2 aliphatic rings. The smallest absolute Gasteiger partial charge is 0.223 e. The van der Waals surface area contributed by atoms with E-state index in [-0.39, 0.29) is 0 Å². The molecule has 2 fully saturated rings. The van der Waals surface area contributed by atoms with E-state index in [1.165, 1.54) is 38.5 Å². The van der Waals surface area contributed by atoms with Crippen molar-refractivity contribution in [2.75, 3.05) is 0 Å². The Labute approximate surface area is 112 Å². The molecule has 0 saturated heterocycles. The second-order valence-corrected chi connectivity index (χ2v) is 7.62. The molecular formula is C16H29NO. The fourth-order valence-corrected chi connectivity index (χ4v) is 3.37. The second kappa shape index (κ2) is 5.63. The van der Waals surface area contributed by atoms with Gasteiger partial charge in [0.25, 0.3) is 0 Å². The predicted octanol–water partition coefficient (Wildman–Crippen LogP) is 3.90. The summed E-state index contributed by atoms with van der Waals surface area (Å²) in [6, 6.07) is 0.467. The fraction of sp³-hybridized carbons (Fsp3) is 0.938. The molecule has 2 rings (SSSR count). The number of carbonyl (C=O) groups excluding carboxylic acids is 1. The average molecular weight is 251 g/mol. The highest BCUT2D eigenvalue weighted by Gasteiger charge is 2.29. The van der Waals surface area contributed by atoms with Gasteiger partial charge in [-0.3, -0.25) is 4.79 Å². The van der Waals surface area contributed by atoms with Gasteiger partial charge in [-0.25, -0.2) is 0 Å². The molecular weight excluding hydrogens is 222 g/mol. The van der Waals surface area contributed by atoms with E-state index in [2.05, 4.69) is 26.1 Å². The molecule has 0 atom stereocenters. The third kappa shape index (κ3) is 4.00. The molecule has 2 heteroatoms. The molecule has 0 bridgehead atoms. The topological polar surface area (TPSA) is 29.1 Å². The molecule has 104 valence electrons. The minimum Gasteiger partial charge on any atom is -0.353 e. The van der Waals surface area contributed by atoms with E-state index in [1.54, 1.807) is 0 Å². The van der Waals surface area contributed by atoms with Crippen LogP contribution in [-0.4, -0.2) is 11.9 Å². The van der Waals surface area contributed by atoms with Gasteiger partial charge in [-0.1, -0.05) is 27.2 Å². The third-order valence-electron chi connectivity index (χ3n) is 4.57. The standard InChI is InChI=1S/C16H29NO/c1-16(2,3)11-12-7-9-14(10-8-12)17-15(18)13-5-4-6-13/h12-14H,4-11H2,1-3H3,(H,17,18)/t12-,14+. The van der Waals surface area contributed by atoms with E-state index in [0.29, 0.717) is 23.3 Å². The van der Waals surface area contributed by atoms with Crippen molar-refractivity contribution in [1.29, 1.82) is 0 Å². The summed E-state index contributed by atoms with van der Waals surface area (Å²) in [5.74, 6) is 1.56. The number of hydrogen-bond donors (Lipinski definition) is 1. The largest absolute Gasteiger partial charge is 0.353 e. The molecule has 2 aliphatic carbocycles. The Bertz CT molecular complexity index is 280. The number of nitrogens with one attached hydrogen (secondary N) is 1. The summed E-state index contributed by atoms with van der Waals surface area (Å²) in [5, 5.41) is 3.27. The van der Waals surface area contributed by atoms with Crippen molar-refractivity contribution in [3.63, 3.8) is 0 Å². The van der Waals surface area contributed by atoms with Gasteiger partial charge < -0.3 is 5.32 Å². The normalized spacial score (nSPS) is 29.7. The number of amides is 1. The Hall–Kier alpha value is -0.530. The first-order valence-electron chi connectivity index (χ1n) is 7.74. The van der Waals surface area contributed by atoms with Crippen LogP contribution in [0, 0.1) is 17.3 Å². The van der Waals surface area contributed by atoms with Crippen LogP contribution in [0.1, 0.15) is 72.1 Å². The van der Waals surface area contributed by atoms with E-state index in [0.717, 1.165) is 18.8 Å². The van der Waals surface area contributed by atoms with E-state index in [1.807, 2.05) is 0 Å². The summed E-state index contributed by atoms with van der Waals surface area (Å²) in [7, 11) is 0. The van der Waals surface area contributed by atoms with Crippen molar-refractivity contribution >= 4 is 5.91 Å². The van der Waals surface area contributed by atoms with Crippen molar-refractivity contribution < 1.29 is 4.79 Å². The van der Waals surface area contributed by atoms with Gasteiger partial charge in [0.15, 0.2) is 0 Å². The average Bonchev–Trinajstić information content (AvgIpc) is 2.16. The van der Waals surface area contributed by atoms with Crippen LogP contribution in [0.15, 0.2) is 0 Å². The minimum absolute atomic E-state index is 0.334. The first-order chi connectivity index (χ1) is 8.44. The van der Waals surface area contributed by atoms with Crippen LogP contribution in [0.2, 0.25) is 0 Å². The Kier molecular flexibility index (Phi) is 4.34. The molecule has 0 aromatic heterocycles. The summed E-state index contributed by atoms with van der Waals surface area (Å²) in [4.78, 5) is 11.9. The van der Waals surface area contributed by atoms with Gasteiger partial charge in [-0.15, -0.1) is 0 Å². The van der Waals surface area contributed by atoms with E-state index in [9.17, 15) is 4.79 Å². The van der Waals surface area contributed by atoms with Crippen molar-refractivity contribution in [3.05, 3.63) is 0 Å². The van der Waals surface area contributed by atoms with Crippen molar-refractivity contribution in [1.82, 2.24) is 5.32 Å². The zero-order chi connectivity index (χ0) is 13.2. The predicted molar refractivity (Wildman–Crippen MR) is 75.3 cm³/mol. The van der Waals surface area contributed by atoms with Crippen LogP contribution < -0.4 is 5.32 Å². The lowest BCUT2D eigenvalue weighted by molar-refractivity contribution is -0.128. The third-order valence-corrected chi connectivity index (χ3v) is 4.57. The van der Waals surface area contributed by atoms with Crippen molar-refractivity contribution in [3.8, 4) is 0 Å². The molecule has 2 nitrogen and oxygen atoms in total. The minimum atomic E-state index is 0.334. The molecule has 0 aliphatic heterocycles. The molecule has 0 radical (unpaired) electrons. The van der Waals surface area contributed by atoms with Gasteiger partial charge in [-0.2, -0.15) is 0 Å². The second-order valence-electron chi connectivity index (χ2n) is 7.62. The van der Waals surface area contributed by atoms with Gasteiger partial charge >= 0.3 is 0 Å². The SMILES string of the molecule is CC(C)(C)C[C@H]1CC[C@@H](NC(=O)C2CCC2)CC1. The first-order valence-corrected chi connectivity index (χ1v) is 7.74. The lowest BCUT2D eigenvalue weighted by atomic mass is 9.76. The summed E-state index contributed by atoms with van der Waals surface area (Å²) in [6.45, 7) is 6.99. The first kappa shape index (κ1) is 13.9. The van der Waals surface area contributed by atoms with Crippen LogP contribution in [-0.2, 0) is 4.79 Å². The number of rotatable bonds is 3. The highest BCUT2D eigenvalue weighted by atomic mass is 16.2. The van der Waals surface area contributed by atoms with E-state index >= 15 is 0 Å². The Balaban J connectivity index is 1.68. The lowest BCUT2D eigenvalue weighted by Crippen LogP contribution is -2.42. The Morgan fingerprint density at radius 2 is 1.67 bits per heavy atom. The van der Waals surface area contributed by atoms with Crippen LogP contribution in [0.3, 0.4) is 0 Å². The zero-order valence-corrected chi connectivity index (χ0v) is 12.3. The molecule has 0 aromatic carbocycles. The summed E-state index contributed by atoms with van der Waals surface area (Å²) < 4.78 is 0. The molecule has 1 amide bonds. The summed E-state index contributed by atoms with van der Waals surface area (Å²) >= 11 is 0. The Morgan fingerprint density at radius 3 is 2.11 bits per heavy atom. The highest BCUT2D eigenvalue weighted by Crippen LogP contribution is 2.34. The maximum absolute atomic E-state index is 11.9. The van der Waals surface area contributed by atoms with Crippen molar-refractivity contribution in [2.45, 2.75) is 78.2 Å². The van der Waals surface area contributed by atoms with Crippen molar-refractivity contribution in [2.24, 2.45) is 17.3 Å². The fourth-order valence-electron chi connectivity index (χ4n) is 3.37. The molecule has 0 heterocycles. The van der Waals surface area contributed by atoms with Crippen LogP contribution in [0.25, 0.3) is 0 Å². The summed E-state index contributed by atoms with van der Waals surface area (Å²) in [6.07, 6.45) is 9.79. The maximum atomic E-state index is 11.9. The van der Waals surface area contributed by atoms with Gasteiger partial charge in [0.2, 0.25) is 5.91 Å². The number of carbonyl (C=O) groups is 1. The van der Waals surface area contributed by atoms with E-state index < -0.39 is 0 Å². The molecule has 2 saturated carbocycles. The van der Waals surface area contributed by atoms with Crippen LogP contribution in [0.5, 0.6) is 0 Å². The summed E-state index contributed by atoms with van der Waals surface area (Å²) in [5.41, 5.74) is 0.451.